The Bertz CT molecular complexity index is 727. The molecule has 1 fully saturated rings. The quantitative estimate of drug-likeness (QED) is 0.634. The molecule has 6 heteroatoms. The van der Waals surface area contributed by atoms with Crippen molar-refractivity contribution in [2.75, 3.05) is 5.32 Å². The summed E-state index contributed by atoms with van der Waals surface area (Å²) in [5.41, 5.74) is 1.84. The molecule has 0 bridgehead atoms. The van der Waals surface area contributed by atoms with E-state index in [1.54, 1.807) is 6.07 Å². The summed E-state index contributed by atoms with van der Waals surface area (Å²) in [6.07, 6.45) is 2.12. The highest BCUT2D eigenvalue weighted by Gasteiger charge is 2.24. The molecule has 0 unspecified atom stereocenters. The van der Waals surface area contributed by atoms with Crippen LogP contribution < -0.4 is 10.6 Å². The highest BCUT2D eigenvalue weighted by atomic mass is 16.6. The predicted octanol–water partition coefficient (Wildman–Crippen LogP) is 3.10. The number of carbonyl (C=O) groups is 1. The lowest BCUT2D eigenvalue weighted by atomic mass is 10.1. The van der Waals surface area contributed by atoms with E-state index in [2.05, 4.69) is 10.6 Å². The van der Waals surface area contributed by atoms with Crippen molar-refractivity contribution in [2.45, 2.75) is 25.4 Å². The largest absolute Gasteiger partial charge is 0.382 e. The van der Waals surface area contributed by atoms with Gasteiger partial charge in [-0.25, -0.2) is 0 Å². The number of nitro groups is 1. The third-order valence-corrected chi connectivity index (χ3v) is 3.69. The highest BCUT2D eigenvalue weighted by Crippen LogP contribution is 2.29. The third-order valence-electron chi connectivity index (χ3n) is 3.69. The van der Waals surface area contributed by atoms with E-state index in [9.17, 15) is 14.9 Å². The average molecular weight is 311 g/mol. The number of rotatable bonds is 6. The maximum Gasteiger partial charge on any atom is 0.270 e. The molecule has 1 aliphatic carbocycles. The summed E-state index contributed by atoms with van der Waals surface area (Å²) >= 11 is 0. The number of non-ortho nitro benzene ring substituents is 1. The third kappa shape index (κ3) is 3.85. The SMILES string of the molecule is O=C(NCc1ccccc1)c1cc([N+](=O)[O-])ccc1NC1CC1. The van der Waals surface area contributed by atoms with Crippen LogP contribution in [0.4, 0.5) is 11.4 Å². The number of amides is 1. The summed E-state index contributed by atoms with van der Waals surface area (Å²) in [4.78, 5) is 22.9. The van der Waals surface area contributed by atoms with Gasteiger partial charge in [0.05, 0.1) is 10.5 Å². The Hall–Kier alpha value is -2.89. The van der Waals surface area contributed by atoms with Crippen molar-refractivity contribution in [3.8, 4) is 0 Å². The molecule has 23 heavy (non-hydrogen) atoms. The molecule has 6 nitrogen and oxygen atoms in total. The van der Waals surface area contributed by atoms with Crippen LogP contribution in [0.25, 0.3) is 0 Å². The van der Waals surface area contributed by atoms with E-state index < -0.39 is 4.92 Å². The standard InChI is InChI=1S/C17H17N3O3/c21-17(18-11-12-4-2-1-3-5-12)15-10-14(20(22)23)8-9-16(15)19-13-6-7-13/h1-5,8-10,13,19H,6-7,11H2,(H,18,21). The molecule has 0 aliphatic heterocycles. The summed E-state index contributed by atoms with van der Waals surface area (Å²) in [6.45, 7) is 0.380. The second kappa shape index (κ2) is 6.48. The molecule has 1 amide bonds. The van der Waals surface area contributed by atoms with Gasteiger partial charge in [0.2, 0.25) is 0 Å². The monoisotopic (exact) mass is 311 g/mol. The molecule has 2 aromatic carbocycles. The first kappa shape index (κ1) is 15.0. The number of anilines is 1. The zero-order valence-electron chi connectivity index (χ0n) is 12.5. The van der Waals surface area contributed by atoms with Gasteiger partial charge in [0.25, 0.3) is 11.6 Å². The normalized spacial score (nSPS) is 13.4. The minimum atomic E-state index is -0.491. The predicted molar refractivity (Wildman–Crippen MR) is 87.4 cm³/mol. The molecular weight excluding hydrogens is 294 g/mol. The van der Waals surface area contributed by atoms with Crippen molar-refractivity contribution < 1.29 is 9.72 Å². The van der Waals surface area contributed by atoms with Gasteiger partial charge in [0.15, 0.2) is 0 Å². The minimum absolute atomic E-state index is 0.0868. The van der Waals surface area contributed by atoms with Crippen LogP contribution in [0.15, 0.2) is 48.5 Å². The van der Waals surface area contributed by atoms with Gasteiger partial charge in [-0.2, -0.15) is 0 Å². The second-order valence-electron chi connectivity index (χ2n) is 5.57. The van der Waals surface area contributed by atoms with Gasteiger partial charge in [-0.05, 0) is 24.5 Å². The number of nitrogens with one attached hydrogen (secondary N) is 2. The lowest BCUT2D eigenvalue weighted by Crippen LogP contribution is -2.24. The number of carbonyl (C=O) groups excluding carboxylic acids is 1. The van der Waals surface area contributed by atoms with Crippen molar-refractivity contribution in [1.82, 2.24) is 5.32 Å². The summed E-state index contributed by atoms with van der Waals surface area (Å²) < 4.78 is 0. The summed E-state index contributed by atoms with van der Waals surface area (Å²) in [5, 5.41) is 17.0. The average Bonchev–Trinajstić information content (AvgIpc) is 3.38. The fraction of sp³-hybridized carbons (Fsp3) is 0.235. The Morgan fingerprint density at radius 1 is 1.17 bits per heavy atom. The van der Waals surface area contributed by atoms with Crippen LogP contribution in [-0.4, -0.2) is 16.9 Å². The van der Waals surface area contributed by atoms with E-state index >= 15 is 0 Å². The molecular formula is C17H17N3O3. The molecule has 0 heterocycles. The fourth-order valence-electron chi connectivity index (χ4n) is 2.28. The van der Waals surface area contributed by atoms with Crippen LogP contribution in [0, 0.1) is 10.1 Å². The molecule has 0 radical (unpaired) electrons. The highest BCUT2D eigenvalue weighted by molar-refractivity contribution is 6.00. The van der Waals surface area contributed by atoms with Crippen molar-refractivity contribution in [3.63, 3.8) is 0 Å². The number of benzene rings is 2. The molecule has 1 aliphatic rings. The molecule has 0 aromatic heterocycles. The van der Waals surface area contributed by atoms with Crippen LogP contribution in [0.5, 0.6) is 0 Å². The number of hydrogen-bond acceptors (Lipinski definition) is 4. The lowest BCUT2D eigenvalue weighted by molar-refractivity contribution is -0.384. The molecule has 0 atom stereocenters. The maximum atomic E-state index is 12.4. The molecule has 2 aromatic rings. The van der Waals surface area contributed by atoms with E-state index in [1.807, 2.05) is 30.3 Å². The van der Waals surface area contributed by atoms with E-state index in [0.717, 1.165) is 18.4 Å². The first-order chi connectivity index (χ1) is 11.1. The van der Waals surface area contributed by atoms with E-state index in [1.165, 1.54) is 12.1 Å². The first-order valence-electron chi connectivity index (χ1n) is 7.50. The Kier molecular flexibility index (Phi) is 4.23. The van der Waals surface area contributed by atoms with Gasteiger partial charge in [-0.15, -0.1) is 0 Å². The van der Waals surface area contributed by atoms with Gasteiger partial charge in [0.1, 0.15) is 0 Å². The van der Waals surface area contributed by atoms with Crippen molar-refractivity contribution >= 4 is 17.3 Å². The van der Waals surface area contributed by atoms with Crippen molar-refractivity contribution in [1.29, 1.82) is 0 Å². The summed E-state index contributed by atoms with van der Waals surface area (Å²) in [7, 11) is 0. The van der Waals surface area contributed by atoms with Gasteiger partial charge in [0, 0.05) is 30.4 Å². The second-order valence-corrected chi connectivity index (χ2v) is 5.57. The Morgan fingerprint density at radius 2 is 1.91 bits per heavy atom. The smallest absolute Gasteiger partial charge is 0.270 e. The summed E-state index contributed by atoms with van der Waals surface area (Å²) in [6, 6.07) is 14.2. The van der Waals surface area contributed by atoms with E-state index in [0.29, 0.717) is 23.8 Å². The molecule has 3 rings (SSSR count). The Morgan fingerprint density at radius 3 is 2.57 bits per heavy atom. The first-order valence-corrected chi connectivity index (χ1v) is 7.50. The van der Waals surface area contributed by atoms with E-state index in [-0.39, 0.29) is 11.6 Å². The molecule has 1 saturated carbocycles. The molecule has 2 N–H and O–H groups in total. The topological polar surface area (TPSA) is 84.3 Å². The van der Waals surface area contributed by atoms with Crippen LogP contribution in [0.2, 0.25) is 0 Å². The van der Waals surface area contributed by atoms with Crippen LogP contribution in [0.1, 0.15) is 28.8 Å². The van der Waals surface area contributed by atoms with Gasteiger partial charge in [-0.3, -0.25) is 14.9 Å². The van der Waals surface area contributed by atoms with Gasteiger partial charge < -0.3 is 10.6 Å². The van der Waals surface area contributed by atoms with Gasteiger partial charge >= 0.3 is 0 Å². The van der Waals surface area contributed by atoms with E-state index in [4.69, 9.17) is 0 Å². The van der Waals surface area contributed by atoms with Crippen LogP contribution >= 0.6 is 0 Å². The molecule has 0 spiro atoms. The molecule has 0 saturated heterocycles. The Balaban J connectivity index is 1.78. The number of hydrogen-bond donors (Lipinski definition) is 2. The number of nitro benzene ring substituents is 1. The van der Waals surface area contributed by atoms with Crippen LogP contribution in [-0.2, 0) is 6.54 Å². The Labute approximate surface area is 133 Å². The number of nitrogens with zero attached hydrogens (tertiary/aromatic N) is 1. The minimum Gasteiger partial charge on any atom is -0.382 e. The lowest BCUT2D eigenvalue weighted by Gasteiger charge is -2.12. The van der Waals surface area contributed by atoms with Crippen molar-refractivity contribution in [3.05, 3.63) is 69.8 Å². The fourth-order valence-corrected chi connectivity index (χ4v) is 2.28. The maximum absolute atomic E-state index is 12.4. The van der Waals surface area contributed by atoms with Crippen molar-refractivity contribution in [2.24, 2.45) is 0 Å². The summed E-state index contributed by atoms with van der Waals surface area (Å²) in [5.74, 6) is -0.319. The van der Waals surface area contributed by atoms with Gasteiger partial charge in [-0.1, -0.05) is 30.3 Å². The zero-order valence-corrected chi connectivity index (χ0v) is 12.5. The zero-order chi connectivity index (χ0) is 16.2. The molecule has 118 valence electrons. The van der Waals surface area contributed by atoms with Crippen LogP contribution in [0.3, 0.4) is 0 Å².